The number of rotatable bonds is 9. The molecule has 0 unspecified atom stereocenters. The van der Waals surface area contributed by atoms with E-state index in [1.165, 1.54) is 0 Å². The number of hydrogen-bond acceptors (Lipinski definition) is 3. The summed E-state index contributed by atoms with van der Waals surface area (Å²) in [5, 5.41) is 0. The minimum Gasteiger partial charge on any atom is -0.308 e. The van der Waals surface area contributed by atoms with Crippen molar-refractivity contribution in [2.45, 2.75) is 0 Å². The maximum absolute atomic E-state index is 4.20. The molecule has 5 heteroatoms. The second-order valence-electron chi connectivity index (χ2n) is 10.7. The molecule has 0 amide bonds. The molecule has 0 bridgehead atoms. The smallest absolute Gasteiger partial charge is 0.0703 e. The van der Waals surface area contributed by atoms with Gasteiger partial charge in [0.15, 0.2) is 0 Å². The van der Waals surface area contributed by atoms with Crippen molar-refractivity contribution in [2.24, 2.45) is 0 Å². The van der Waals surface area contributed by atoms with E-state index in [1.807, 2.05) is 0 Å². The molecule has 0 saturated heterocycles. The van der Waals surface area contributed by atoms with Gasteiger partial charge >= 0.3 is 25.2 Å². The van der Waals surface area contributed by atoms with Crippen LogP contribution < -0.4 is 14.7 Å². The van der Waals surface area contributed by atoms with Crippen LogP contribution in [0.3, 0.4) is 0 Å². The van der Waals surface area contributed by atoms with Gasteiger partial charge < -0.3 is 14.7 Å². The fourth-order valence-electron chi connectivity index (χ4n) is 5.83. The van der Waals surface area contributed by atoms with Gasteiger partial charge in [0.05, 0.1) is 22.7 Å². The van der Waals surface area contributed by atoms with Gasteiger partial charge in [-0.15, -0.1) is 0 Å². The molecule has 47 heavy (non-hydrogen) atoms. The molecule has 0 aliphatic rings. The van der Waals surface area contributed by atoms with Crippen LogP contribution in [0.25, 0.3) is 0 Å². The first kappa shape index (κ1) is 31.7. The Bertz CT molecular complexity index is 1750. The summed E-state index contributed by atoms with van der Waals surface area (Å²) in [5.74, 6) is 0. The van der Waals surface area contributed by atoms with E-state index in [4.69, 9.17) is 0 Å². The molecular weight excluding hydrogens is 645 g/mol. The van der Waals surface area contributed by atoms with Gasteiger partial charge in [-0.2, -0.15) is 0 Å². The van der Waals surface area contributed by atoms with Crippen LogP contribution in [0.1, 0.15) is 0 Å². The molecule has 0 fully saturated rings. The van der Waals surface area contributed by atoms with Crippen LogP contribution in [-0.4, -0.2) is 0 Å². The first-order valence-electron chi connectivity index (χ1n) is 15.3. The number of anilines is 9. The topological polar surface area (TPSA) is 9.72 Å². The van der Waals surface area contributed by atoms with E-state index in [9.17, 15) is 0 Å². The van der Waals surface area contributed by atoms with E-state index < -0.39 is 0 Å². The summed E-state index contributed by atoms with van der Waals surface area (Å²) in [4.78, 5) is 7.04. The average molecular weight is 679 g/mol. The van der Waals surface area contributed by atoms with E-state index in [0.29, 0.717) is 0 Å². The van der Waals surface area contributed by atoms with Gasteiger partial charge in [0, 0.05) is 28.4 Å². The summed E-state index contributed by atoms with van der Waals surface area (Å²) in [6.45, 7) is 0. The molecule has 7 aromatic rings. The van der Waals surface area contributed by atoms with Gasteiger partial charge in [0.25, 0.3) is 0 Å². The Morgan fingerprint density at radius 2 is 0.404 bits per heavy atom. The van der Waals surface area contributed by atoms with Crippen LogP contribution in [0.5, 0.6) is 0 Å². The predicted octanol–water partition coefficient (Wildman–Crippen LogP) is 12.8. The van der Waals surface area contributed by atoms with E-state index >= 15 is 0 Å². The maximum atomic E-state index is 4.20. The van der Waals surface area contributed by atoms with Gasteiger partial charge in [0.2, 0.25) is 0 Å². The van der Waals surface area contributed by atoms with Gasteiger partial charge in [-0.05, 0) is 84.9 Å². The summed E-state index contributed by atoms with van der Waals surface area (Å²) in [5.41, 5.74) is 9.69. The van der Waals surface area contributed by atoms with Gasteiger partial charge in [-0.3, -0.25) is 0 Å². The normalized spacial score (nSPS) is 10.4. The number of hydrogen-bond donors (Lipinski definition) is 0. The Hall–Kier alpha value is -5.25. The summed E-state index contributed by atoms with van der Waals surface area (Å²) in [6.07, 6.45) is 0. The Morgan fingerprint density at radius 3 is 0.638 bits per heavy atom. The summed E-state index contributed by atoms with van der Waals surface area (Å²) in [6, 6.07) is 70.3. The van der Waals surface area contributed by atoms with Crippen LogP contribution in [0, 0.1) is 0 Å². The Balaban J connectivity index is 0.00000190. The zero-order chi connectivity index (χ0) is 32.3. The molecule has 7 rings (SSSR count). The minimum atomic E-state index is 1.06. The second kappa shape index (κ2) is 15.8. The largest absolute Gasteiger partial charge is 0.308 e. The van der Waals surface area contributed by atoms with Crippen molar-refractivity contribution in [1.82, 2.24) is 0 Å². The van der Waals surface area contributed by atoms with Crippen molar-refractivity contribution in [3.63, 3.8) is 0 Å². The van der Waals surface area contributed by atoms with Crippen molar-refractivity contribution in [3.05, 3.63) is 200 Å². The third-order valence-electron chi connectivity index (χ3n) is 7.80. The Kier molecular flexibility index (Phi) is 10.7. The molecule has 0 heterocycles. The second-order valence-corrected chi connectivity index (χ2v) is 10.7. The number of para-hydroxylation sites is 9. The molecule has 0 aliphatic heterocycles. The Labute approximate surface area is 290 Å². The summed E-state index contributed by atoms with van der Waals surface area (Å²) < 4.78 is 0. The molecule has 0 radical (unpaired) electrons. The van der Waals surface area contributed by atoms with E-state index in [-0.39, 0.29) is 0 Å². The quantitative estimate of drug-likeness (QED) is 0.141. The first-order valence-corrected chi connectivity index (χ1v) is 16.6. The number of benzene rings is 7. The molecule has 234 valence electrons. The Morgan fingerprint density at radius 1 is 0.234 bits per heavy atom. The monoisotopic (exact) mass is 677 g/mol. The standard InChI is InChI=1S/C42H33N3.ClH.Cu/c1-6-20-34(21-7-1)43(35-22-8-2-9-23-35)39-30-16-18-32-41(39)45(38-28-14-5-15-29-38)42-33-19-17-31-40(42)44(36-24-10-3-11-25-36)37-26-12-4-13-27-37;;/h1-33H;1H;/q;;+1/p-1. The van der Waals surface area contributed by atoms with E-state index in [0.717, 1.165) is 51.2 Å². The van der Waals surface area contributed by atoms with Crippen LogP contribution in [0.15, 0.2) is 200 Å². The molecule has 0 saturated carbocycles. The predicted molar refractivity (Wildman–Crippen MR) is 196 cm³/mol. The molecular formula is C42H33ClCuN3. The van der Waals surface area contributed by atoms with Crippen LogP contribution in [0.2, 0.25) is 0 Å². The third-order valence-corrected chi connectivity index (χ3v) is 7.80. The fraction of sp³-hybridized carbons (Fsp3) is 0. The third kappa shape index (κ3) is 7.11. The average Bonchev–Trinajstić information content (AvgIpc) is 3.16. The van der Waals surface area contributed by atoms with Crippen LogP contribution >= 0.6 is 10.1 Å². The molecule has 0 spiro atoms. The van der Waals surface area contributed by atoms with Gasteiger partial charge in [0.1, 0.15) is 0 Å². The molecule has 0 aromatic heterocycles. The zero-order valence-electron chi connectivity index (χ0n) is 25.6. The number of halogens is 1. The van der Waals surface area contributed by atoms with Crippen LogP contribution in [-0.2, 0) is 15.1 Å². The van der Waals surface area contributed by atoms with E-state index in [2.05, 4.69) is 240 Å². The van der Waals surface area contributed by atoms with Crippen molar-refractivity contribution in [1.29, 1.82) is 0 Å². The maximum Gasteiger partial charge on any atom is 0.0703 e. The van der Waals surface area contributed by atoms with Crippen molar-refractivity contribution in [2.75, 3.05) is 14.7 Å². The number of nitrogens with zero attached hydrogens (tertiary/aromatic N) is 3. The SMILES string of the molecule is [Cl][Cu].c1ccc(N(c2ccccc2)c2ccccc2N(c2ccccc2)c2ccccc2N(c2ccccc2)c2ccccc2)cc1. The first-order chi connectivity index (χ1) is 23.4. The summed E-state index contributed by atoms with van der Waals surface area (Å²) >= 11 is 3.66. The fourth-order valence-corrected chi connectivity index (χ4v) is 5.83. The summed E-state index contributed by atoms with van der Waals surface area (Å²) in [7, 11) is 4.20. The molecule has 0 N–H and O–H groups in total. The van der Waals surface area contributed by atoms with Crippen LogP contribution in [0.4, 0.5) is 51.2 Å². The van der Waals surface area contributed by atoms with Gasteiger partial charge in [-0.1, -0.05) is 115 Å². The minimum absolute atomic E-state index is 1.06. The van der Waals surface area contributed by atoms with Crippen molar-refractivity contribution >= 4 is 61.3 Å². The van der Waals surface area contributed by atoms with E-state index in [1.54, 1.807) is 0 Å². The zero-order valence-corrected chi connectivity index (χ0v) is 27.3. The molecule has 3 nitrogen and oxygen atoms in total. The molecule has 0 atom stereocenters. The van der Waals surface area contributed by atoms with Gasteiger partial charge in [-0.25, -0.2) is 0 Å². The van der Waals surface area contributed by atoms with Crippen molar-refractivity contribution in [3.8, 4) is 0 Å². The molecule has 7 aromatic carbocycles. The molecule has 0 aliphatic carbocycles. The van der Waals surface area contributed by atoms with Crippen molar-refractivity contribution < 1.29 is 15.1 Å².